The Morgan fingerprint density at radius 3 is 1.68 bits per heavy atom. The Morgan fingerprint density at radius 2 is 1.00 bits per heavy atom. The van der Waals surface area contributed by atoms with E-state index >= 15 is 0 Å². The van der Waals surface area contributed by atoms with Crippen LogP contribution in [0.5, 0.6) is 0 Å². The van der Waals surface area contributed by atoms with E-state index in [1.807, 2.05) is 6.07 Å². The van der Waals surface area contributed by atoms with Crippen molar-refractivity contribution >= 4 is 66.5 Å². The van der Waals surface area contributed by atoms with E-state index in [4.69, 9.17) is 4.42 Å². The molecule has 8 aromatic rings. The fraction of sp³-hybridized carbons (Fsp3) is 0.0270. The van der Waals surface area contributed by atoms with Gasteiger partial charge in [-0.25, -0.2) is 0 Å². The highest BCUT2D eigenvalue weighted by atomic mass is 16.3. The molecule has 41 heavy (non-hydrogen) atoms. The summed E-state index contributed by atoms with van der Waals surface area (Å²) in [6, 6.07) is 51.7. The van der Waals surface area contributed by atoms with Crippen LogP contribution in [0.3, 0.4) is 0 Å². The quantitative estimate of drug-likeness (QED) is 0.228. The molecule has 4 heteroatoms. The van der Waals surface area contributed by atoms with Crippen molar-refractivity contribution in [1.82, 2.24) is 4.57 Å². The predicted octanol–water partition coefficient (Wildman–Crippen LogP) is 10.1. The number of hydrogen-bond donors (Lipinski definition) is 0. The largest absolute Gasteiger partial charge is 0.455 e. The van der Waals surface area contributed by atoms with Crippen molar-refractivity contribution < 1.29 is 4.42 Å². The molecule has 3 heterocycles. The Hall–Kier alpha value is -5.48. The highest BCUT2D eigenvalue weighted by molar-refractivity contribution is 6.23. The lowest BCUT2D eigenvalue weighted by atomic mass is 10.1. The van der Waals surface area contributed by atoms with Crippen LogP contribution in [-0.4, -0.2) is 4.57 Å². The molecule has 1 aliphatic heterocycles. The molecular formula is C37H25N3O. The third kappa shape index (κ3) is 3.10. The van der Waals surface area contributed by atoms with Crippen molar-refractivity contribution in [3.63, 3.8) is 0 Å². The molecular weight excluding hydrogens is 502 g/mol. The minimum atomic E-state index is -0.193. The average Bonchev–Trinajstić information content (AvgIpc) is 3.69. The number of fused-ring (bicyclic) bond motifs is 8. The van der Waals surface area contributed by atoms with Crippen LogP contribution in [0.1, 0.15) is 6.29 Å². The summed E-state index contributed by atoms with van der Waals surface area (Å²) < 4.78 is 9.08. The van der Waals surface area contributed by atoms with Gasteiger partial charge in [0.15, 0.2) is 6.29 Å². The van der Waals surface area contributed by atoms with Crippen LogP contribution in [0, 0.1) is 0 Å². The van der Waals surface area contributed by atoms with Gasteiger partial charge < -0.3 is 18.8 Å². The molecule has 0 atom stereocenters. The molecule has 9 rings (SSSR count). The third-order valence-electron chi connectivity index (χ3n) is 8.38. The summed E-state index contributed by atoms with van der Waals surface area (Å²) in [4.78, 5) is 4.91. The Balaban J connectivity index is 1.43. The second-order valence-corrected chi connectivity index (χ2v) is 10.6. The molecule has 194 valence electrons. The zero-order valence-electron chi connectivity index (χ0n) is 22.2. The van der Waals surface area contributed by atoms with Crippen molar-refractivity contribution in [3.05, 3.63) is 146 Å². The van der Waals surface area contributed by atoms with Gasteiger partial charge in [-0.15, -0.1) is 0 Å². The first kappa shape index (κ1) is 22.3. The molecule has 1 aliphatic rings. The first-order valence-corrected chi connectivity index (χ1v) is 14.0. The SMILES string of the molecule is c1ccc(N2c3ccccc3N(c3ccccc3)C2n2c3ccccc3c3c4oc5ccccc5c4ccc32)cc1. The van der Waals surface area contributed by atoms with Crippen molar-refractivity contribution in [2.75, 3.05) is 9.80 Å². The second kappa shape index (κ2) is 8.51. The van der Waals surface area contributed by atoms with Gasteiger partial charge in [-0.3, -0.25) is 0 Å². The second-order valence-electron chi connectivity index (χ2n) is 10.6. The van der Waals surface area contributed by atoms with Crippen molar-refractivity contribution in [1.29, 1.82) is 0 Å². The monoisotopic (exact) mass is 527 g/mol. The molecule has 0 saturated heterocycles. The summed E-state index contributed by atoms with van der Waals surface area (Å²) in [6.45, 7) is 0. The lowest BCUT2D eigenvalue weighted by Crippen LogP contribution is -2.34. The number of furan rings is 1. The Kier molecular flexibility index (Phi) is 4.64. The van der Waals surface area contributed by atoms with E-state index in [-0.39, 0.29) is 6.29 Å². The smallest absolute Gasteiger partial charge is 0.194 e. The molecule has 0 aliphatic carbocycles. The van der Waals surface area contributed by atoms with Gasteiger partial charge in [0, 0.05) is 27.5 Å². The van der Waals surface area contributed by atoms with Gasteiger partial charge in [0.05, 0.1) is 27.8 Å². The normalized spacial score (nSPS) is 13.7. The summed E-state index contributed by atoms with van der Waals surface area (Å²) >= 11 is 0. The van der Waals surface area contributed by atoms with Crippen LogP contribution in [0.15, 0.2) is 150 Å². The molecule has 0 amide bonds. The van der Waals surface area contributed by atoms with Gasteiger partial charge in [0.25, 0.3) is 0 Å². The van der Waals surface area contributed by atoms with Crippen LogP contribution in [0.4, 0.5) is 22.7 Å². The Morgan fingerprint density at radius 1 is 0.439 bits per heavy atom. The van der Waals surface area contributed by atoms with Gasteiger partial charge in [0.1, 0.15) is 11.2 Å². The summed E-state index contributed by atoms with van der Waals surface area (Å²) in [5.41, 5.74) is 8.76. The fourth-order valence-corrected chi connectivity index (χ4v) is 6.70. The molecule has 0 saturated carbocycles. The zero-order chi connectivity index (χ0) is 26.9. The van der Waals surface area contributed by atoms with E-state index in [0.717, 1.165) is 49.7 Å². The maximum absolute atomic E-state index is 6.59. The molecule has 0 bridgehead atoms. The number of nitrogens with zero attached hydrogens (tertiary/aromatic N) is 3. The maximum Gasteiger partial charge on any atom is 0.194 e. The molecule has 0 spiro atoms. The first-order valence-electron chi connectivity index (χ1n) is 14.0. The number of rotatable bonds is 3. The van der Waals surface area contributed by atoms with Gasteiger partial charge in [-0.05, 0) is 60.7 Å². The lowest BCUT2D eigenvalue weighted by molar-refractivity contribution is 0.571. The predicted molar refractivity (Wildman–Crippen MR) is 169 cm³/mol. The number of anilines is 4. The van der Waals surface area contributed by atoms with Crippen LogP contribution in [-0.2, 0) is 0 Å². The summed E-state index contributed by atoms with van der Waals surface area (Å²) in [6.07, 6.45) is -0.193. The standard InChI is InChI=1S/C37H25N3O/c1-3-13-25(14-4-1)38-31-20-10-11-21-32(31)39(26-15-5-2-6-16-26)37(38)40-30-19-9-7-18-29(30)35-33(40)24-23-28-27-17-8-12-22-34(27)41-36(28)35/h1-24,37H. The highest BCUT2D eigenvalue weighted by Gasteiger charge is 2.40. The van der Waals surface area contributed by atoms with E-state index < -0.39 is 0 Å². The molecule has 0 N–H and O–H groups in total. The van der Waals surface area contributed by atoms with Crippen molar-refractivity contribution in [2.45, 2.75) is 6.29 Å². The summed E-state index contributed by atoms with van der Waals surface area (Å²) in [7, 11) is 0. The highest BCUT2D eigenvalue weighted by Crippen LogP contribution is 2.53. The van der Waals surface area contributed by atoms with Crippen LogP contribution >= 0.6 is 0 Å². The summed E-state index contributed by atoms with van der Waals surface area (Å²) in [5.74, 6) is 0. The lowest BCUT2D eigenvalue weighted by Gasteiger charge is -2.35. The van der Waals surface area contributed by atoms with Crippen LogP contribution < -0.4 is 9.80 Å². The Bertz CT molecular complexity index is 2160. The van der Waals surface area contributed by atoms with E-state index in [2.05, 4.69) is 154 Å². The average molecular weight is 528 g/mol. The van der Waals surface area contributed by atoms with Gasteiger partial charge in [-0.1, -0.05) is 84.9 Å². The fourth-order valence-electron chi connectivity index (χ4n) is 6.70. The molecule has 6 aromatic carbocycles. The molecule has 0 fully saturated rings. The van der Waals surface area contributed by atoms with Gasteiger partial charge in [0.2, 0.25) is 0 Å². The number of aromatic nitrogens is 1. The number of para-hydroxylation sites is 6. The Labute approximate surface area is 236 Å². The summed E-state index contributed by atoms with van der Waals surface area (Å²) in [5, 5.41) is 4.62. The third-order valence-corrected chi connectivity index (χ3v) is 8.38. The van der Waals surface area contributed by atoms with Crippen LogP contribution in [0.2, 0.25) is 0 Å². The topological polar surface area (TPSA) is 24.6 Å². The maximum atomic E-state index is 6.59. The van der Waals surface area contributed by atoms with E-state index in [9.17, 15) is 0 Å². The molecule has 4 nitrogen and oxygen atoms in total. The molecule has 2 aromatic heterocycles. The van der Waals surface area contributed by atoms with E-state index in [0.29, 0.717) is 0 Å². The van der Waals surface area contributed by atoms with Crippen LogP contribution in [0.25, 0.3) is 43.7 Å². The minimum absolute atomic E-state index is 0.193. The molecule has 0 radical (unpaired) electrons. The van der Waals surface area contributed by atoms with Gasteiger partial charge in [-0.2, -0.15) is 0 Å². The zero-order valence-corrected chi connectivity index (χ0v) is 22.2. The van der Waals surface area contributed by atoms with Crippen molar-refractivity contribution in [2.24, 2.45) is 0 Å². The van der Waals surface area contributed by atoms with E-state index in [1.165, 1.54) is 16.8 Å². The van der Waals surface area contributed by atoms with Gasteiger partial charge >= 0.3 is 0 Å². The number of benzene rings is 6. The molecule has 0 unspecified atom stereocenters. The van der Waals surface area contributed by atoms with Crippen molar-refractivity contribution in [3.8, 4) is 0 Å². The minimum Gasteiger partial charge on any atom is -0.455 e. The van der Waals surface area contributed by atoms with E-state index in [1.54, 1.807) is 0 Å². The number of hydrogen-bond acceptors (Lipinski definition) is 3. The first-order chi connectivity index (χ1) is 20.4.